The molecule has 0 saturated carbocycles. The summed E-state index contributed by atoms with van der Waals surface area (Å²) in [6.45, 7) is 4.08. The summed E-state index contributed by atoms with van der Waals surface area (Å²) in [5.41, 5.74) is 4.49. The van der Waals surface area contributed by atoms with Gasteiger partial charge in [0.25, 0.3) is 15.9 Å². The summed E-state index contributed by atoms with van der Waals surface area (Å²) < 4.78 is 24.4. The Bertz CT molecular complexity index is 854. The second kappa shape index (κ2) is 6.66. The number of hydrogen-bond acceptors (Lipinski definition) is 4. The molecule has 1 aliphatic carbocycles. The Labute approximate surface area is 146 Å². The number of sulfonamides is 1. The molecule has 5 nitrogen and oxygen atoms in total. The smallest absolute Gasteiger partial charge is 0.273 e. The van der Waals surface area contributed by atoms with Gasteiger partial charge in [-0.1, -0.05) is 24.6 Å². The highest BCUT2D eigenvalue weighted by atomic mass is 32.2. The largest absolute Gasteiger partial charge is 0.276 e. The fraction of sp³-hybridized carbons (Fsp3) is 0.353. The van der Waals surface area contributed by atoms with Crippen LogP contribution in [0.1, 0.15) is 39.0 Å². The van der Waals surface area contributed by atoms with Crippen LogP contribution in [0.5, 0.6) is 0 Å². The summed E-state index contributed by atoms with van der Waals surface area (Å²) >= 11 is 1.45. The molecule has 0 bridgehead atoms. The average molecular weight is 364 g/mol. The van der Waals surface area contributed by atoms with Crippen LogP contribution < -0.4 is 10.3 Å². The molecule has 1 aromatic heterocycles. The summed E-state index contributed by atoms with van der Waals surface area (Å²) in [5, 5.41) is 0. The molecule has 128 valence electrons. The van der Waals surface area contributed by atoms with E-state index >= 15 is 0 Å². The molecule has 1 atom stereocenters. The first kappa shape index (κ1) is 17.1. The third-order valence-corrected chi connectivity index (χ3v) is 6.68. The number of hydrogen-bond donors (Lipinski definition) is 2. The van der Waals surface area contributed by atoms with Crippen LogP contribution in [-0.4, -0.2) is 14.3 Å². The summed E-state index contributed by atoms with van der Waals surface area (Å²) in [6, 6.07) is 8.32. The lowest BCUT2D eigenvalue weighted by Crippen LogP contribution is -2.41. The molecule has 1 amide bonds. The molecule has 0 saturated heterocycles. The second-order valence-electron chi connectivity index (χ2n) is 6.28. The molecule has 1 aromatic carbocycles. The van der Waals surface area contributed by atoms with Crippen LogP contribution >= 0.6 is 11.3 Å². The fourth-order valence-electron chi connectivity index (χ4n) is 2.77. The Hall–Kier alpha value is -1.70. The van der Waals surface area contributed by atoms with Crippen molar-refractivity contribution in [2.75, 3.05) is 0 Å². The molecular formula is C17H20N2O3S2. The molecule has 3 rings (SSSR count). The van der Waals surface area contributed by atoms with Crippen LogP contribution in [0.25, 0.3) is 0 Å². The van der Waals surface area contributed by atoms with Crippen LogP contribution in [0, 0.1) is 12.8 Å². The Morgan fingerprint density at radius 3 is 2.67 bits per heavy atom. The summed E-state index contributed by atoms with van der Waals surface area (Å²) in [4.78, 5) is 16.3. The third-order valence-electron chi connectivity index (χ3n) is 4.18. The number of benzene rings is 1. The van der Waals surface area contributed by atoms with Crippen molar-refractivity contribution >= 4 is 27.3 Å². The first-order chi connectivity index (χ1) is 11.3. The maximum absolute atomic E-state index is 12.2. The van der Waals surface area contributed by atoms with Crippen molar-refractivity contribution < 1.29 is 13.2 Å². The van der Waals surface area contributed by atoms with E-state index in [1.165, 1.54) is 33.9 Å². The highest BCUT2D eigenvalue weighted by molar-refractivity contribution is 7.89. The number of carbonyl (C=O) groups excluding carboxylic acids is 1. The van der Waals surface area contributed by atoms with E-state index in [2.05, 4.69) is 17.2 Å². The normalized spacial score (nSPS) is 17.3. The number of rotatable bonds is 4. The van der Waals surface area contributed by atoms with E-state index < -0.39 is 15.9 Å². The first-order valence-electron chi connectivity index (χ1n) is 7.85. The number of carbonyl (C=O) groups is 1. The molecule has 0 fully saturated rings. The zero-order valence-electron chi connectivity index (χ0n) is 13.6. The van der Waals surface area contributed by atoms with Gasteiger partial charge in [0.1, 0.15) is 0 Å². The molecule has 0 aliphatic heterocycles. The van der Waals surface area contributed by atoms with Crippen molar-refractivity contribution in [3.8, 4) is 0 Å². The molecule has 7 heteroatoms. The standard InChI is InChI=1S/C17H20N2O3S2/c1-11-3-6-14(7-4-11)24(21,22)19-18-17(20)16-10-13-9-12(2)5-8-15(13)23-16/h3-4,6-7,10,12,19H,5,8-9H2,1-2H3,(H,18,20). The van der Waals surface area contributed by atoms with Crippen molar-refractivity contribution in [3.63, 3.8) is 0 Å². The highest BCUT2D eigenvalue weighted by Gasteiger charge is 2.22. The zero-order chi connectivity index (χ0) is 17.3. The van der Waals surface area contributed by atoms with Gasteiger partial charge in [-0.2, -0.15) is 0 Å². The van der Waals surface area contributed by atoms with Gasteiger partial charge in [0, 0.05) is 4.88 Å². The van der Waals surface area contributed by atoms with Gasteiger partial charge in [0.2, 0.25) is 0 Å². The van der Waals surface area contributed by atoms with Gasteiger partial charge in [-0.3, -0.25) is 10.2 Å². The number of nitrogens with one attached hydrogen (secondary N) is 2. The minimum absolute atomic E-state index is 0.118. The van der Waals surface area contributed by atoms with Gasteiger partial charge in [-0.15, -0.1) is 16.2 Å². The summed E-state index contributed by atoms with van der Waals surface area (Å²) in [6.07, 6.45) is 3.10. The molecule has 1 aliphatic rings. The number of aryl methyl sites for hydroxylation is 2. The molecule has 0 radical (unpaired) electrons. The van der Waals surface area contributed by atoms with E-state index in [1.54, 1.807) is 12.1 Å². The van der Waals surface area contributed by atoms with E-state index in [9.17, 15) is 13.2 Å². The van der Waals surface area contributed by atoms with Gasteiger partial charge in [-0.05, 0) is 55.9 Å². The Balaban J connectivity index is 1.68. The molecule has 24 heavy (non-hydrogen) atoms. The zero-order valence-corrected chi connectivity index (χ0v) is 15.3. The maximum Gasteiger partial charge on any atom is 0.276 e. The Morgan fingerprint density at radius 1 is 1.25 bits per heavy atom. The van der Waals surface area contributed by atoms with E-state index in [-0.39, 0.29) is 4.90 Å². The molecule has 1 heterocycles. The van der Waals surface area contributed by atoms with Crippen molar-refractivity contribution in [1.29, 1.82) is 0 Å². The number of amides is 1. The van der Waals surface area contributed by atoms with Crippen molar-refractivity contribution in [3.05, 3.63) is 51.2 Å². The maximum atomic E-state index is 12.2. The van der Waals surface area contributed by atoms with Crippen LogP contribution in [-0.2, 0) is 22.9 Å². The average Bonchev–Trinajstić information content (AvgIpc) is 2.96. The number of fused-ring (bicyclic) bond motifs is 1. The van der Waals surface area contributed by atoms with Crippen LogP contribution in [0.15, 0.2) is 35.2 Å². The lowest BCUT2D eigenvalue weighted by atomic mass is 9.90. The minimum Gasteiger partial charge on any atom is -0.273 e. The SMILES string of the molecule is Cc1ccc(S(=O)(=O)NNC(=O)c2cc3c(s2)CCC(C)C3)cc1. The molecule has 0 spiro atoms. The van der Waals surface area contributed by atoms with E-state index in [0.29, 0.717) is 10.8 Å². The molecule has 2 aromatic rings. The summed E-state index contributed by atoms with van der Waals surface area (Å²) in [7, 11) is -3.77. The molecule has 1 unspecified atom stereocenters. The number of hydrazine groups is 1. The van der Waals surface area contributed by atoms with Gasteiger partial charge >= 0.3 is 0 Å². The lowest BCUT2D eigenvalue weighted by Gasteiger charge is -2.16. The van der Waals surface area contributed by atoms with E-state index in [4.69, 9.17) is 0 Å². The second-order valence-corrected chi connectivity index (χ2v) is 9.10. The lowest BCUT2D eigenvalue weighted by molar-refractivity contribution is 0.0949. The van der Waals surface area contributed by atoms with Gasteiger partial charge in [0.05, 0.1) is 9.77 Å². The molecular weight excluding hydrogens is 344 g/mol. The fourth-order valence-corrected chi connectivity index (χ4v) is 4.71. The third kappa shape index (κ3) is 3.68. The quantitative estimate of drug-likeness (QED) is 0.819. The number of thiophene rings is 1. The van der Waals surface area contributed by atoms with Gasteiger partial charge < -0.3 is 0 Å². The first-order valence-corrected chi connectivity index (χ1v) is 10.2. The van der Waals surface area contributed by atoms with Crippen LogP contribution in [0.3, 0.4) is 0 Å². The molecule has 2 N–H and O–H groups in total. The topological polar surface area (TPSA) is 75.3 Å². The Morgan fingerprint density at radius 2 is 1.96 bits per heavy atom. The van der Waals surface area contributed by atoms with Gasteiger partial charge in [0.15, 0.2) is 0 Å². The summed E-state index contributed by atoms with van der Waals surface area (Å²) in [5.74, 6) is 0.209. The van der Waals surface area contributed by atoms with Crippen molar-refractivity contribution in [2.45, 2.75) is 38.0 Å². The van der Waals surface area contributed by atoms with Crippen LogP contribution in [0.2, 0.25) is 0 Å². The Kier molecular flexibility index (Phi) is 4.76. The highest BCUT2D eigenvalue weighted by Crippen LogP contribution is 2.32. The predicted molar refractivity (Wildman–Crippen MR) is 94.5 cm³/mol. The van der Waals surface area contributed by atoms with E-state index in [0.717, 1.165) is 24.8 Å². The minimum atomic E-state index is -3.77. The monoisotopic (exact) mass is 364 g/mol. The predicted octanol–water partition coefficient (Wildman–Crippen LogP) is 2.80. The van der Waals surface area contributed by atoms with Gasteiger partial charge in [-0.25, -0.2) is 8.42 Å². The van der Waals surface area contributed by atoms with Crippen LogP contribution in [0.4, 0.5) is 0 Å². The van der Waals surface area contributed by atoms with Crippen molar-refractivity contribution in [1.82, 2.24) is 10.3 Å². The van der Waals surface area contributed by atoms with Crippen molar-refractivity contribution in [2.24, 2.45) is 5.92 Å². The van der Waals surface area contributed by atoms with E-state index in [1.807, 2.05) is 13.0 Å².